The summed E-state index contributed by atoms with van der Waals surface area (Å²) >= 11 is 0. The van der Waals surface area contributed by atoms with Crippen molar-refractivity contribution in [3.63, 3.8) is 0 Å². The molecular weight excluding hydrogens is 200 g/mol. The first-order valence-electron chi connectivity index (χ1n) is 5.24. The third kappa shape index (κ3) is 2.19. The van der Waals surface area contributed by atoms with Crippen molar-refractivity contribution in [3.8, 4) is 11.3 Å². The van der Waals surface area contributed by atoms with Crippen LogP contribution in [0.5, 0.6) is 0 Å². The minimum atomic E-state index is 0.155. The van der Waals surface area contributed by atoms with Crippen molar-refractivity contribution in [1.82, 2.24) is 9.78 Å². The standard InChI is InChI=1S/C13H14N2O/c1-10(16)8-12-9-13(14-15(12)2)11-6-4-3-5-7-11/h3-7,9H,8H2,1-2H3. The second-order valence-corrected chi connectivity index (χ2v) is 3.89. The molecule has 16 heavy (non-hydrogen) atoms. The van der Waals surface area contributed by atoms with E-state index in [1.54, 1.807) is 11.6 Å². The van der Waals surface area contributed by atoms with Crippen LogP contribution in [0, 0.1) is 0 Å². The third-order valence-electron chi connectivity index (χ3n) is 2.48. The van der Waals surface area contributed by atoms with Crippen LogP contribution in [0.15, 0.2) is 36.4 Å². The molecule has 1 heterocycles. The van der Waals surface area contributed by atoms with Gasteiger partial charge in [0, 0.05) is 24.7 Å². The Morgan fingerprint density at radius 2 is 2.00 bits per heavy atom. The number of carbonyl (C=O) groups excluding carboxylic acids is 1. The molecule has 0 unspecified atom stereocenters. The molecule has 0 spiro atoms. The van der Waals surface area contributed by atoms with Crippen molar-refractivity contribution < 1.29 is 4.79 Å². The van der Waals surface area contributed by atoms with Crippen molar-refractivity contribution in [1.29, 1.82) is 0 Å². The molecule has 1 aromatic carbocycles. The maximum absolute atomic E-state index is 11.1. The van der Waals surface area contributed by atoms with E-state index in [1.165, 1.54) is 0 Å². The van der Waals surface area contributed by atoms with Gasteiger partial charge in [0.2, 0.25) is 0 Å². The van der Waals surface area contributed by atoms with Gasteiger partial charge in [0.05, 0.1) is 5.69 Å². The molecule has 82 valence electrons. The van der Waals surface area contributed by atoms with E-state index in [4.69, 9.17) is 0 Å². The van der Waals surface area contributed by atoms with E-state index in [9.17, 15) is 4.79 Å². The minimum absolute atomic E-state index is 0.155. The van der Waals surface area contributed by atoms with Crippen LogP contribution in [0.3, 0.4) is 0 Å². The van der Waals surface area contributed by atoms with Crippen LogP contribution >= 0.6 is 0 Å². The topological polar surface area (TPSA) is 34.9 Å². The van der Waals surface area contributed by atoms with E-state index < -0.39 is 0 Å². The van der Waals surface area contributed by atoms with E-state index in [1.807, 2.05) is 43.4 Å². The van der Waals surface area contributed by atoms with Gasteiger partial charge in [0.1, 0.15) is 5.78 Å². The molecule has 0 aliphatic rings. The van der Waals surface area contributed by atoms with Gasteiger partial charge in [-0.25, -0.2) is 0 Å². The summed E-state index contributed by atoms with van der Waals surface area (Å²) in [6.07, 6.45) is 0.441. The molecule has 0 N–H and O–H groups in total. The molecule has 2 aromatic rings. The summed E-state index contributed by atoms with van der Waals surface area (Å²) in [5, 5.41) is 4.40. The number of nitrogens with zero attached hydrogens (tertiary/aromatic N) is 2. The number of carbonyl (C=O) groups is 1. The highest BCUT2D eigenvalue weighted by atomic mass is 16.1. The Bertz CT molecular complexity index is 500. The lowest BCUT2D eigenvalue weighted by atomic mass is 10.1. The van der Waals surface area contributed by atoms with Crippen LogP contribution in [0.25, 0.3) is 11.3 Å². The Labute approximate surface area is 94.7 Å². The molecule has 0 fully saturated rings. The van der Waals surface area contributed by atoms with Crippen LogP contribution in [0.2, 0.25) is 0 Å². The van der Waals surface area contributed by atoms with Crippen molar-refractivity contribution in [2.45, 2.75) is 13.3 Å². The maximum Gasteiger partial charge on any atom is 0.135 e. The predicted molar refractivity (Wildman–Crippen MR) is 63.0 cm³/mol. The summed E-state index contributed by atoms with van der Waals surface area (Å²) in [6.45, 7) is 1.59. The molecular formula is C13H14N2O. The number of ketones is 1. The smallest absolute Gasteiger partial charge is 0.135 e. The molecule has 0 aliphatic heterocycles. The molecule has 0 bridgehead atoms. The molecule has 2 rings (SSSR count). The molecule has 0 aliphatic carbocycles. The second-order valence-electron chi connectivity index (χ2n) is 3.89. The van der Waals surface area contributed by atoms with Gasteiger partial charge in [-0.2, -0.15) is 5.10 Å². The average Bonchev–Trinajstić information content (AvgIpc) is 2.61. The zero-order chi connectivity index (χ0) is 11.5. The van der Waals surface area contributed by atoms with Gasteiger partial charge in [0.15, 0.2) is 0 Å². The zero-order valence-electron chi connectivity index (χ0n) is 9.47. The lowest BCUT2D eigenvalue weighted by Gasteiger charge is -1.95. The lowest BCUT2D eigenvalue weighted by molar-refractivity contribution is -0.116. The Morgan fingerprint density at radius 3 is 2.62 bits per heavy atom. The van der Waals surface area contributed by atoms with Gasteiger partial charge in [-0.05, 0) is 13.0 Å². The van der Waals surface area contributed by atoms with E-state index >= 15 is 0 Å². The zero-order valence-corrected chi connectivity index (χ0v) is 9.47. The monoisotopic (exact) mass is 214 g/mol. The minimum Gasteiger partial charge on any atom is -0.300 e. The normalized spacial score (nSPS) is 10.4. The van der Waals surface area contributed by atoms with Gasteiger partial charge in [-0.1, -0.05) is 30.3 Å². The number of aryl methyl sites for hydroxylation is 1. The third-order valence-corrected chi connectivity index (χ3v) is 2.48. The van der Waals surface area contributed by atoms with Gasteiger partial charge >= 0.3 is 0 Å². The first-order valence-corrected chi connectivity index (χ1v) is 5.24. The Morgan fingerprint density at radius 1 is 1.31 bits per heavy atom. The SMILES string of the molecule is CC(=O)Cc1cc(-c2ccccc2)nn1C. The number of hydrogen-bond donors (Lipinski definition) is 0. The Kier molecular flexibility index (Phi) is 2.86. The van der Waals surface area contributed by atoms with Crippen molar-refractivity contribution in [3.05, 3.63) is 42.1 Å². The second kappa shape index (κ2) is 4.31. The molecule has 3 nitrogen and oxygen atoms in total. The number of rotatable bonds is 3. The van der Waals surface area contributed by atoms with Crippen LogP contribution in [-0.4, -0.2) is 15.6 Å². The van der Waals surface area contributed by atoms with Gasteiger partial charge in [-0.3, -0.25) is 9.48 Å². The average molecular weight is 214 g/mol. The summed E-state index contributed by atoms with van der Waals surface area (Å²) in [7, 11) is 1.87. The van der Waals surface area contributed by atoms with Gasteiger partial charge < -0.3 is 0 Å². The fourth-order valence-electron chi connectivity index (χ4n) is 1.68. The van der Waals surface area contributed by atoms with E-state index in [2.05, 4.69) is 5.10 Å². The number of hydrogen-bond acceptors (Lipinski definition) is 2. The highest BCUT2D eigenvalue weighted by Crippen LogP contribution is 2.18. The molecule has 1 aromatic heterocycles. The molecule has 0 atom stereocenters. The number of benzene rings is 1. The highest BCUT2D eigenvalue weighted by Gasteiger charge is 2.08. The van der Waals surface area contributed by atoms with Crippen LogP contribution in [0.1, 0.15) is 12.6 Å². The Balaban J connectivity index is 2.34. The van der Waals surface area contributed by atoms with Crippen LogP contribution in [0.4, 0.5) is 0 Å². The summed E-state index contributed by atoms with van der Waals surface area (Å²) in [6, 6.07) is 11.9. The Hall–Kier alpha value is -1.90. The predicted octanol–water partition coefficient (Wildman–Crippen LogP) is 2.22. The fraction of sp³-hybridized carbons (Fsp3) is 0.231. The van der Waals surface area contributed by atoms with E-state index in [0.717, 1.165) is 17.0 Å². The maximum atomic E-state index is 11.1. The van der Waals surface area contributed by atoms with Crippen LogP contribution in [-0.2, 0) is 18.3 Å². The molecule has 0 amide bonds. The number of aromatic nitrogens is 2. The quantitative estimate of drug-likeness (QED) is 0.785. The van der Waals surface area contributed by atoms with Crippen molar-refractivity contribution in [2.24, 2.45) is 7.05 Å². The first kappa shape index (κ1) is 10.6. The first-order chi connectivity index (χ1) is 7.66. The summed E-state index contributed by atoms with van der Waals surface area (Å²) < 4.78 is 1.77. The molecule has 0 radical (unpaired) electrons. The van der Waals surface area contributed by atoms with E-state index in [-0.39, 0.29) is 5.78 Å². The van der Waals surface area contributed by atoms with Gasteiger partial charge in [0.25, 0.3) is 0 Å². The molecule has 0 saturated carbocycles. The van der Waals surface area contributed by atoms with E-state index in [0.29, 0.717) is 6.42 Å². The summed E-state index contributed by atoms with van der Waals surface area (Å²) in [5.41, 5.74) is 2.94. The number of Topliss-reactive ketones (excluding diaryl/α,β-unsaturated/α-hetero) is 1. The van der Waals surface area contributed by atoms with Crippen molar-refractivity contribution >= 4 is 5.78 Å². The summed E-state index contributed by atoms with van der Waals surface area (Å²) in [4.78, 5) is 11.1. The highest BCUT2D eigenvalue weighted by molar-refractivity contribution is 5.78. The lowest BCUT2D eigenvalue weighted by Crippen LogP contribution is -2.03. The fourth-order valence-corrected chi connectivity index (χ4v) is 1.68. The van der Waals surface area contributed by atoms with Crippen molar-refractivity contribution in [2.75, 3.05) is 0 Å². The van der Waals surface area contributed by atoms with Crippen LogP contribution < -0.4 is 0 Å². The molecule has 0 saturated heterocycles. The summed E-state index contributed by atoms with van der Waals surface area (Å²) in [5.74, 6) is 0.155. The molecule has 3 heteroatoms. The largest absolute Gasteiger partial charge is 0.300 e. The van der Waals surface area contributed by atoms with Gasteiger partial charge in [-0.15, -0.1) is 0 Å².